The molecule has 0 saturated heterocycles. The van der Waals surface area contributed by atoms with Crippen molar-refractivity contribution in [3.63, 3.8) is 0 Å². The highest BCUT2D eigenvalue weighted by molar-refractivity contribution is 6.31. The zero-order valence-corrected chi connectivity index (χ0v) is 17.0. The molecule has 0 bridgehead atoms. The van der Waals surface area contributed by atoms with Crippen molar-refractivity contribution in [2.75, 3.05) is 26.0 Å². The van der Waals surface area contributed by atoms with Crippen molar-refractivity contribution in [1.82, 2.24) is 9.47 Å². The van der Waals surface area contributed by atoms with Gasteiger partial charge in [-0.05, 0) is 51.7 Å². The fourth-order valence-corrected chi connectivity index (χ4v) is 3.89. The fraction of sp³-hybridized carbons (Fsp3) is 0.333. The van der Waals surface area contributed by atoms with Crippen molar-refractivity contribution in [3.8, 4) is 0 Å². The smallest absolute Gasteiger partial charge is 0.334 e. The molecule has 1 aromatic heterocycles. The Morgan fingerprint density at radius 2 is 2.00 bits per heavy atom. The van der Waals surface area contributed by atoms with E-state index in [1.54, 1.807) is 42.0 Å². The molecule has 2 N–H and O–H groups in total. The molecule has 1 unspecified atom stereocenters. The van der Waals surface area contributed by atoms with Crippen LogP contribution in [0.15, 0.2) is 52.6 Å². The van der Waals surface area contributed by atoms with Crippen LogP contribution in [0.3, 0.4) is 0 Å². The SMILES string of the molecule is CC1=C(C(=O)O)C(c2ccccc2Cl)c2c(ccn(CCCN(C)C)c2=O)N1. The van der Waals surface area contributed by atoms with E-state index in [1.165, 1.54) is 0 Å². The molecule has 28 heavy (non-hydrogen) atoms. The van der Waals surface area contributed by atoms with E-state index >= 15 is 0 Å². The van der Waals surface area contributed by atoms with Gasteiger partial charge in [0, 0.05) is 29.1 Å². The largest absolute Gasteiger partial charge is 0.478 e. The monoisotopic (exact) mass is 401 g/mol. The first-order valence-corrected chi connectivity index (χ1v) is 9.52. The lowest BCUT2D eigenvalue weighted by Crippen LogP contribution is -2.33. The van der Waals surface area contributed by atoms with E-state index in [-0.39, 0.29) is 11.1 Å². The number of carboxylic acid groups (broad SMARTS) is 1. The van der Waals surface area contributed by atoms with Crippen molar-refractivity contribution in [3.05, 3.63) is 74.3 Å². The molecule has 2 heterocycles. The van der Waals surface area contributed by atoms with Crippen LogP contribution >= 0.6 is 11.6 Å². The minimum absolute atomic E-state index is 0.142. The second kappa shape index (κ2) is 8.20. The van der Waals surface area contributed by atoms with Crippen LogP contribution in [0.5, 0.6) is 0 Å². The van der Waals surface area contributed by atoms with Gasteiger partial charge in [-0.25, -0.2) is 4.79 Å². The lowest BCUT2D eigenvalue weighted by molar-refractivity contribution is -0.133. The van der Waals surface area contributed by atoms with Gasteiger partial charge < -0.3 is 19.9 Å². The first kappa shape index (κ1) is 20.2. The number of nitrogens with zero attached hydrogens (tertiary/aromatic N) is 2. The number of fused-ring (bicyclic) bond motifs is 1. The first-order chi connectivity index (χ1) is 13.3. The molecule has 0 fully saturated rings. The molecule has 0 amide bonds. The molecule has 0 saturated carbocycles. The van der Waals surface area contributed by atoms with Crippen LogP contribution in [-0.2, 0) is 11.3 Å². The second-order valence-corrected chi connectivity index (χ2v) is 7.63. The van der Waals surface area contributed by atoms with Gasteiger partial charge >= 0.3 is 5.97 Å². The van der Waals surface area contributed by atoms with E-state index in [0.717, 1.165) is 13.0 Å². The summed E-state index contributed by atoms with van der Waals surface area (Å²) in [5.74, 6) is -1.79. The molecule has 0 radical (unpaired) electrons. The molecule has 1 aliphatic heterocycles. The molecule has 2 aromatic rings. The summed E-state index contributed by atoms with van der Waals surface area (Å²) in [5.41, 5.74) is 2.12. The maximum absolute atomic E-state index is 13.3. The number of aromatic nitrogens is 1. The number of allylic oxidation sites excluding steroid dienone is 1. The van der Waals surface area contributed by atoms with Gasteiger partial charge in [0.15, 0.2) is 0 Å². The van der Waals surface area contributed by atoms with Gasteiger partial charge in [0.25, 0.3) is 5.56 Å². The molecular weight excluding hydrogens is 378 g/mol. The Bertz CT molecular complexity index is 995. The van der Waals surface area contributed by atoms with Gasteiger partial charge in [0.05, 0.1) is 17.1 Å². The molecule has 0 aliphatic carbocycles. The quantitative estimate of drug-likeness (QED) is 0.776. The Morgan fingerprint density at radius 3 is 2.64 bits per heavy atom. The molecule has 7 heteroatoms. The van der Waals surface area contributed by atoms with Gasteiger partial charge in [-0.15, -0.1) is 0 Å². The van der Waals surface area contributed by atoms with Gasteiger partial charge in [0.1, 0.15) is 0 Å². The Morgan fingerprint density at radius 1 is 1.29 bits per heavy atom. The summed E-state index contributed by atoms with van der Waals surface area (Å²) in [6.07, 6.45) is 2.57. The summed E-state index contributed by atoms with van der Waals surface area (Å²) in [6.45, 7) is 3.12. The summed E-state index contributed by atoms with van der Waals surface area (Å²) < 4.78 is 1.65. The third-order valence-corrected chi connectivity index (χ3v) is 5.30. The lowest BCUT2D eigenvalue weighted by atomic mass is 9.81. The summed E-state index contributed by atoms with van der Waals surface area (Å²) in [4.78, 5) is 27.4. The number of benzene rings is 1. The highest BCUT2D eigenvalue weighted by Gasteiger charge is 2.35. The normalized spacial score (nSPS) is 16.1. The van der Waals surface area contributed by atoms with Crippen molar-refractivity contribution in [1.29, 1.82) is 0 Å². The van der Waals surface area contributed by atoms with Crippen LogP contribution in [0.25, 0.3) is 0 Å². The topological polar surface area (TPSA) is 74.6 Å². The highest BCUT2D eigenvalue weighted by Crippen LogP contribution is 2.42. The van der Waals surface area contributed by atoms with Crippen LogP contribution in [0.4, 0.5) is 5.69 Å². The number of pyridine rings is 1. The number of rotatable bonds is 6. The fourth-order valence-electron chi connectivity index (χ4n) is 3.65. The van der Waals surface area contributed by atoms with Crippen molar-refractivity contribution in [2.24, 2.45) is 0 Å². The maximum atomic E-state index is 13.3. The number of carbonyl (C=O) groups is 1. The minimum Gasteiger partial charge on any atom is -0.478 e. The number of halogens is 1. The van der Waals surface area contributed by atoms with Crippen molar-refractivity contribution >= 4 is 23.3 Å². The number of aryl methyl sites for hydroxylation is 1. The van der Waals surface area contributed by atoms with Gasteiger partial charge in [-0.2, -0.15) is 0 Å². The first-order valence-electron chi connectivity index (χ1n) is 9.14. The van der Waals surface area contributed by atoms with Crippen LogP contribution in [0.1, 0.15) is 30.4 Å². The summed E-state index contributed by atoms with van der Waals surface area (Å²) >= 11 is 6.40. The van der Waals surface area contributed by atoms with E-state index in [1.807, 2.05) is 20.2 Å². The Hall–Kier alpha value is -2.57. The number of nitrogens with one attached hydrogen (secondary N) is 1. The van der Waals surface area contributed by atoms with Crippen LogP contribution < -0.4 is 10.9 Å². The summed E-state index contributed by atoms with van der Waals surface area (Å²) in [7, 11) is 3.97. The van der Waals surface area contributed by atoms with Gasteiger partial charge in [0.2, 0.25) is 0 Å². The number of anilines is 1. The predicted octanol–water partition coefficient (Wildman–Crippen LogP) is 3.37. The summed E-state index contributed by atoms with van der Waals surface area (Å²) in [6, 6.07) is 8.91. The molecule has 0 spiro atoms. The van der Waals surface area contributed by atoms with E-state index in [4.69, 9.17) is 11.6 Å². The maximum Gasteiger partial charge on any atom is 0.334 e. The predicted molar refractivity (Wildman–Crippen MR) is 111 cm³/mol. The third kappa shape index (κ3) is 3.84. The molecule has 1 aromatic carbocycles. The molecule has 3 rings (SSSR count). The number of hydrogen-bond donors (Lipinski definition) is 2. The zero-order valence-electron chi connectivity index (χ0n) is 16.2. The van der Waals surface area contributed by atoms with Gasteiger partial charge in [-0.3, -0.25) is 4.79 Å². The third-order valence-electron chi connectivity index (χ3n) is 4.96. The standard InChI is InChI=1S/C21H24ClN3O3/c1-13-17(21(27)28)18(14-7-4-5-8-15(14)22)19-16(23-13)9-12-25(20(19)26)11-6-10-24(2)3/h4-5,7-9,12,18,23H,6,10-11H2,1-3H3,(H,27,28). The number of aliphatic carboxylic acids is 1. The molecular formula is C21H24ClN3O3. The van der Waals surface area contributed by atoms with E-state index in [2.05, 4.69) is 10.2 Å². The lowest BCUT2D eigenvalue weighted by Gasteiger charge is -2.29. The van der Waals surface area contributed by atoms with E-state index < -0.39 is 11.9 Å². The van der Waals surface area contributed by atoms with E-state index in [0.29, 0.717) is 34.1 Å². The molecule has 6 nitrogen and oxygen atoms in total. The Balaban J connectivity index is 2.16. The van der Waals surface area contributed by atoms with E-state index in [9.17, 15) is 14.7 Å². The van der Waals surface area contributed by atoms with Crippen LogP contribution in [0, 0.1) is 0 Å². The molecule has 1 aliphatic rings. The second-order valence-electron chi connectivity index (χ2n) is 7.22. The number of carboxylic acids is 1. The minimum atomic E-state index is -1.07. The Labute approximate surface area is 169 Å². The highest BCUT2D eigenvalue weighted by atomic mass is 35.5. The molecule has 148 valence electrons. The average Bonchev–Trinajstić information content (AvgIpc) is 2.62. The zero-order chi connectivity index (χ0) is 20.4. The van der Waals surface area contributed by atoms with Crippen LogP contribution in [0.2, 0.25) is 5.02 Å². The average molecular weight is 402 g/mol. The Kier molecular flexibility index (Phi) is 5.91. The number of hydrogen-bond acceptors (Lipinski definition) is 4. The van der Waals surface area contributed by atoms with Crippen molar-refractivity contribution < 1.29 is 9.90 Å². The van der Waals surface area contributed by atoms with Crippen molar-refractivity contribution in [2.45, 2.75) is 25.8 Å². The molecule has 1 atom stereocenters. The summed E-state index contributed by atoms with van der Waals surface area (Å²) in [5, 5.41) is 13.4. The van der Waals surface area contributed by atoms with Gasteiger partial charge in [-0.1, -0.05) is 29.8 Å². The van der Waals surface area contributed by atoms with Crippen LogP contribution in [-0.4, -0.2) is 41.2 Å².